The van der Waals surface area contributed by atoms with Crippen molar-refractivity contribution in [3.63, 3.8) is 0 Å². The number of nitro benzene ring substituents is 1. The van der Waals surface area contributed by atoms with Crippen LogP contribution in [0.3, 0.4) is 0 Å². The van der Waals surface area contributed by atoms with Crippen molar-refractivity contribution in [2.24, 2.45) is 0 Å². The average Bonchev–Trinajstić information content (AvgIpc) is 2.81. The Kier molecular flexibility index (Phi) is 7.40. The third kappa shape index (κ3) is 5.70. The second-order valence-corrected chi connectivity index (χ2v) is 7.25. The highest BCUT2D eigenvalue weighted by Crippen LogP contribution is 2.38. The van der Waals surface area contributed by atoms with E-state index in [0.717, 1.165) is 21.7 Å². The molecule has 0 amide bonds. The lowest BCUT2D eigenvalue weighted by Crippen LogP contribution is -1.95. The number of anilines is 1. The summed E-state index contributed by atoms with van der Waals surface area (Å²) in [7, 11) is 4.74. The fourth-order valence-electron chi connectivity index (χ4n) is 2.83. The SMILES string of the molecule is COc1cc(/C=C\c2ccc(NSc3cccc([N+](=O)[O-])c3)cc2)cc(OC)c1OC. The van der Waals surface area contributed by atoms with Crippen molar-refractivity contribution >= 4 is 35.5 Å². The van der Waals surface area contributed by atoms with Gasteiger partial charge in [0.1, 0.15) is 0 Å². The van der Waals surface area contributed by atoms with Crippen molar-refractivity contribution < 1.29 is 19.1 Å². The van der Waals surface area contributed by atoms with Crippen molar-refractivity contribution in [2.45, 2.75) is 4.90 Å². The van der Waals surface area contributed by atoms with Gasteiger partial charge in [0.05, 0.1) is 26.3 Å². The molecule has 3 aromatic carbocycles. The van der Waals surface area contributed by atoms with E-state index in [-0.39, 0.29) is 5.69 Å². The number of hydrogen-bond donors (Lipinski definition) is 1. The molecule has 0 fully saturated rings. The molecule has 0 unspecified atom stereocenters. The molecule has 0 bridgehead atoms. The van der Waals surface area contributed by atoms with Gasteiger partial charge in [0.25, 0.3) is 5.69 Å². The minimum Gasteiger partial charge on any atom is -0.493 e. The fourth-order valence-corrected chi connectivity index (χ4v) is 3.53. The van der Waals surface area contributed by atoms with Crippen LogP contribution in [-0.2, 0) is 0 Å². The lowest BCUT2D eigenvalue weighted by Gasteiger charge is -2.12. The van der Waals surface area contributed by atoms with Gasteiger partial charge in [-0.1, -0.05) is 30.4 Å². The summed E-state index contributed by atoms with van der Waals surface area (Å²) < 4.78 is 19.3. The maximum atomic E-state index is 10.9. The predicted molar refractivity (Wildman–Crippen MR) is 124 cm³/mol. The molecule has 0 aliphatic carbocycles. The number of benzene rings is 3. The van der Waals surface area contributed by atoms with E-state index in [1.807, 2.05) is 54.6 Å². The second-order valence-electron chi connectivity index (χ2n) is 6.37. The maximum Gasteiger partial charge on any atom is 0.270 e. The van der Waals surface area contributed by atoms with E-state index in [1.165, 1.54) is 24.1 Å². The fraction of sp³-hybridized carbons (Fsp3) is 0.130. The van der Waals surface area contributed by atoms with Crippen molar-refractivity contribution in [2.75, 3.05) is 26.1 Å². The molecule has 8 heteroatoms. The molecule has 160 valence electrons. The van der Waals surface area contributed by atoms with Crippen LogP contribution in [0.1, 0.15) is 11.1 Å². The Morgan fingerprint density at radius 2 is 1.52 bits per heavy atom. The van der Waals surface area contributed by atoms with Crippen molar-refractivity contribution in [3.8, 4) is 17.2 Å². The number of methoxy groups -OCH3 is 3. The second kappa shape index (κ2) is 10.4. The Morgan fingerprint density at radius 1 is 0.871 bits per heavy atom. The van der Waals surface area contributed by atoms with E-state index < -0.39 is 4.92 Å². The Morgan fingerprint density at radius 3 is 2.10 bits per heavy atom. The van der Waals surface area contributed by atoms with Crippen LogP contribution < -0.4 is 18.9 Å². The number of rotatable bonds is 9. The van der Waals surface area contributed by atoms with Gasteiger partial charge in [-0.15, -0.1) is 0 Å². The topological polar surface area (TPSA) is 82.9 Å². The van der Waals surface area contributed by atoms with Crippen LogP contribution >= 0.6 is 11.9 Å². The zero-order valence-corrected chi connectivity index (χ0v) is 18.1. The van der Waals surface area contributed by atoms with E-state index in [9.17, 15) is 10.1 Å². The van der Waals surface area contributed by atoms with Crippen molar-refractivity contribution in [1.82, 2.24) is 0 Å². The highest BCUT2D eigenvalue weighted by Gasteiger charge is 2.12. The van der Waals surface area contributed by atoms with Gasteiger partial charge in [-0.3, -0.25) is 10.1 Å². The van der Waals surface area contributed by atoms with Crippen LogP contribution in [0.5, 0.6) is 17.2 Å². The van der Waals surface area contributed by atoms with Gasteiger partial charge in [-0.2, -0.15) is 0 Å². The first-order valence-electron chi connectivity index (χ1n) is 9.29. The number of non-ortho nitro benzene ring substituents is 1. The molecule has 0 saturated carbocycles. The van der Waals surface area contributed by atoms with Crippen LogP contribution in [0.15, 0.2) is 65.6 Å². The van der Waals surface area contributed by atoms with Gasteiger partial charge in [0.15, 0.2) is 11.5 Å². The first kappa shape index (κ1) is 22.0. The third-order valence-electron chi connectivity index (χ3n) is 4.38. The molecule has 0 radical (unpaired) electrons. The normalized spacial score (nSPS) is 10.7. The molecule has 1 N–H and O–H groups in total. The summed E-state index contributed by atoms with van der Waals surface area (Å²) in [6.45, 7) is 0. The third-order valence-corrected chi connectivity index (χ3v) is 5.21. The Balaban J connectivity index is 1.67. The van der Waals surface area contributed by atoms with Crippen molar-refractivity contribution in [3.05, 3.63) is 81.9 Å². The number of nitrogens with one attached hydrogen (secondary N) is 1. The van der Waals surface area contributed by atoms with Gasteiger partial charge in [-0.05, 0) is 53.4 Å². The average molecular weight is 439 g/mol. The lowest BCUT2D eigenvalue weighted by atomic mass is 10.1. The van der Waals surface area contributed by atoms with Gasteiger partial charge in [-0.25, -0.2) is 0 Å². The number of hydrogen-bond acceptors (Lipinski definition) is 7. The van der Waals surface area contributed by atoms with E-state index in [0.29, 0.717) is 17.2 Å². The van der Waals surface area contributed by atoms with Crippen LogP contribution in [0.4, 0.5) is 11.4 Å². The zero-order valence-electron chi connectivity index (χ0n) is 17.3. The molecule has 0 aromatic heterocycles. The summed E-state index contributed by atoms with van der Waals surface area (Å²) >= 11 is 1.32. The summed E-state index contributed by atoms with van der Waals surface area (Å²) in [4.78, 5) is 11.2. The molecule has 0 saturated heterocycles. The molecule has 0 aliphatic heterocycles. The van der Waals surface area contributed by atoms with E-state index in [2.05, 4.69) is 4.72 Å². The zero-order chi connectivity index (χ0) is 22.2. The molecule has 3 aromatic rings. The van der Waals surface area contributed by atoms with E-state index in [4.69, 9.17) is 14.2 Å². The first-order chi connectivity index (χ1) is 15.0. The molecular formula is C23H22N2O5S. The number of nitrogens with zero attached hydrogens (tertiary/aromatic N) is 1. The van der Waals surface area contributed by atoms with Crippen LogP contribution in [0.2, 0.25) is 0 Å². The predicted octanol–water partition coefficient (Wildman–Crippen LogP) is 5.91. The van der Waals surface area contributed by atoms with Gasteiger partial charge in [0, 0.05) is 22.7 Å². The lowest BCUT2D eigenvalue weighted by molar-refractivity contribution is -0.385. The standard InChI is InChI=1S/C23H22N2O5S/c1-28-21-13-17(14-22(29-2)23(21)30-3)8-7-16-9-11-18(12-10-16)24-31-20-6-4-5-19(15-20)25(26)27/h4-15,24H,1-3H3/b8-7-. The number of nitro groups is 1. The quantitative estimate of drug-likeness (QED) is 0.192. The van der Waals surface area contributed by atoms with Crippen LogP contribution in [0, 0.1) is 10.1 Å². The van der Waals surface area contributed by atoms with Crippen LogP contribution in [-0.4, -0.2) is 26.3 Å². The maximum absolute atomic E-state index is 10.9. The molecule has 7 nitrogen and oxygen atoms in total. The van der Waals surface area contributed by atoms with Gasteiger partial charge in [0.2, 0.25) is 5.75 Å². The monoisotopic (exact) mass is 438 g/mol. The summed E-state index contributed by atoms with van der Waals surface area (Å²) in [6, 6.07) is 18.1. The summed E-state index contributed by atoms with van der Waals surface area (Å²) in [6.07, 6.45) is 3.95. The van der Waals surface area contributed by atoms with Crippen LogP contribution in [0.25, 0.3) is 12.2 Å². The summed E-state index contributed by atoms with van der Waals surface area (Å²) in [5.41, 5.74) is 2.89. The van der Waals surface area contributed by atoms with E-state index in [1.54, 1.807) is 27.4 Å². The smallest absolute Gasteiger partial charge is 0.270 e. The largest absolute Gasteiger partial charge is 0.493 e. The molecular weight excluding hydrogens is 416 g/mol. The summed E-state index contributed by atoms with van der Waals surface area (Å²) in [5.74, 6) is 1.75. The summed E-state index contributed by atoms with van der Waals surface area (Å²) in [5, 5.41) is 10.9. The molecule has 31 heavy (non-hydrogen) atoms. The van der Waals surface area contributed by atoms with E-state index >= 15 is 0 Å². The molecule has 0 atom stereocenters. The number of ether oxygens (including phenoxy) is 3. The highest BCUT2D eigenvalue weighted by molar-refractivity contribution is 8.00. The Bertz CT molecular complexity index is 1060. The Hall–Kier alpha value is -3.65. The minimum atomic E-state index is -0.404. The first-order valence-corrected chi connectivity index (χ1v) is 10.1. The molecule has 0 spiro atoms. The Labute approximate surface area is 184 Å². The molecule has 3 rings (SSSR count). The van der Waals surface area contributed by atoms with Gasteiger partial charge < -0.3 is 18.9 Å². The molecule has 0 aliphatic rings. The van der Waals surface area contributed by atoms with Gasteiger partial charge >= 0.3 is 0 Å². The molecule has 0 heterocycles. The van der Waals surface area contributed by atoms with Crippen molar-refractivity contribution in [1.29, 1.82) is 0 Å². The minimum absolute atomic E-state index is 0.0686. The highest BCUT2D eigenvalue weighted by atomic mass is 32.2.